The Morgan fingerprint density at radius 3 is 2.57 bits per heavy atom. The first-order valence-electron chi connectivity index (χ1n) is 13.6. The summed E-state index contributed by atoms with van der Waals surface area (Å²) in [7, 11) is 1.77. The zero-order valence-electron chi connectivity index (χ0n) is 23.1. The van der Waals surface area contributed by atoms with Gasteiger partial charge in [0.1, 0.15) is 6.04 Å². The highest BCUT2D eigenvalue weighted by atomic mass is 16.5. The minimum atomic E-state index is -0.766. The molecule has 1 fully saturated rings. The number of likely N-dealkylation sites (tertiary alicyclic amines) is 1. The van der Waals surface area contributed by atoms with E-state index in [1.54, 1.807) is 24.1 Å². The van der Waals surface area contributed by atoms with Crippen molar-refractivity contribution in [1.82, 2.24) is 30.4 Å². The summed E-state index contributed by atoms with van der Waals surface area (Å²) in [6.07, 6.45) is 10.3. The van der Waals surface area contributed by atoms with Gasteiger partial charge in [-0.3, -0.25) is 29.6 Å². The summed E-state index contributed by atoms with van der Waals surface area (Å²) in [6, 6.07) is -1.41. The van der Waals surface area contributed by atoms with Crippen molar-refractivity contribution in [3.8, 4) is 0 Å². The first-order chi connectivity index (χ1) is 17.8. The number of carbonyl (C=O) groups excluding carboxylic acids is 4. The molecule has 5 amide bonds. The third-order valence-electron chi connectivity index (χ3n) is 6.45. The number of rotatable bonds is 14. The highest BCUT2D eigenvalue weighted by molar-refractivity contribution is 5.99. The lowest BCUT2D eigenvalue weighted by atomic mass is 9.86. The van der Waals surface area contributed by atoms with E-state index in [0.29, 0.717) is 43.2 Å². The van der Waals surface area contributed by atoms with Gasteiger partial charge >= 0.3 is 6.03 Å². The quantitative estimate of drug-likeness (QED) is 0.195. The van der Waals surface area contributed by atoms with Crippen LogP contribution < -0.4 is 10.6 Å². The maximum atomic E-state index is 13.5. The number of amides is 5. The summed E-state index contributed by atoms with van der Waals surface area (Å²) in [6.45, 7) is 8.71. The highest BCUT2D eigenvalue weighted by Crippen LogP contribution is 2.28. The lowest BCUT2D eigenvalue weighted by Gasteiger charge is -2.31. The van der Waals surface area contributed by atoms with Crippen LogP contribution in [0.15, 0.2) is 12.4 Å². The topological polar surface area (TPSA) is 137 Å². The molecule has 210 valence electrons. The monoisotopic (exact) mass is 522 g/mol. The summed E-state index contributed by atoms with van der Waals surface area (Å²) in [5, 5.41) is 19.3. The molecule has 1 aromatic rings. The van der Waals surface area contributed by atoms with Crippen molar-refractivity contribution in [2.45, 2.75) is 91.6 Å². The van der Waals surface area contributed by atoms with Gasteiger partial charge in [0.15, 0.2) is 0 Å². The van der Waals surface area contributed by atoms with E-state index in [0.717, 1.165) is 37.7 Å². The largest absolute Gasteiger partial charge is 0.334 e. The summed E-state index contributed by atoms with van der Waals surface area (Å²) in [5.74, 6) is -1.13. The maximum Gasteiger partial charge on any atom is 0.321 e. The van der Waals surface area contributed by atoms with Crippen molar-refractivity contribution in [3.63, 3.8) is 0 Å². The Bertz CT molecular complexity index is 845. The molecule has 1 aliphatic rings. The van der Waals surface area contributed by atoms with Crippen LogP contribution >= 0.6 is 0 Å². The maximum absolute atomic E-state index is 13.5. The molecule has 2 rings (SSSR count). The van der Waals surface area contributed by atoms with Crippen molar-refractivity contribution in [2.24, 2.45) is 18.9 Å². The number of aryl methyl sites for hydroxylation is 1. The summed E-state index contributed by atoms with van der Waals surface area (Å²) in [5.41, 5.74) is 0.795. The molecule has 1 aromatic heterocycles. The van der Waals surface area contributed by atoms with Crippen molar-refractivity contribution in [1.29, 1.82) is 0 Å². The molecule has 1 aliphatic heterocycles. The first kappa shape index (κ1) is 32.1. The summed E-state index contributed by atoms with van der Waals surface area (Å²) >= 11 is 0. The van der Waals surface area contributed by atoms with Crippen LogP contribution in [0.3, 0.4) is 0 Å². The van der Waals surface area contributed by atoms with Crippen LogP contribution in [0, 0.1) is 11.8 Å². The van der Waals surface area contributed by atoms with Gasteiger partial charge in [-0.15, -0.1) is 0 Å². The fourth-order valence-corrected chi connectivity index (χ4v) is 4.73. The smallest absolute Gasteiger partial charge is 0.321 e. The molecule has 0 saturated carbocycles. The predicted octanol–water partition coefficient (Wildman–Crippen LogP) is 3.22. The number of urea groups is 1. The lowest BCUT2D eigenvalue weighted by Crippen LogP contribution is -2.52. The van der Waals surface area contributed by atoms with Gasteiger partial charge in [-0.05, 0) is 25.2 Å². The second-order valence-corrected chi connectivity index (χ2v) is 9.34. The molecule has 3 unspecified atom stereocenters. The van der Waals surface area contributed by atoms with Crippen molar-refractivity contribution < 1.29 is 24.4 Å². The zero-order chi connectivity index (χ0) is 27.8. The van der Waals surface area contributed by atoms with Crippen LogP contribution in [0.25, 0.3) is 0 Å². The van der Waals surface area contributed by atoms with Gasteiger partial charge in [-0.25, -0.2) is 9.86 Å². The van der Waals surface area contributed by atoms with E-state index >= 15 is 0 Å². The Labute approximate surface area is 220 Å². The predicted molar refractivity (Wildman–Crippen MR) is 140 cm³/mol. The van der Waals surface area contributed by atoms with Crippen LogP contribution in [0.5, 0.6) is 0 Å². The number of carbonyl (C=O) groups is 4. The molecule has 3 atom stereocenters. The highest BCUT2D eigenvalue weighted by Gasteiger charge is 2.38. The van der Waals surface area contributed by atoms with E-state index in [-0.39, 0.29) is 19.0 Å². The van der Waals surface area contributed by atoms with Crippen molar-refractivity contribution in [2.75, 3.05) is 13.1 Å². The zero-order valence-corrected chi connectivity index (χ0v) is 23.1. The molecule has 11 heteroatoms. The van der Waals surface area contributed by atoms with Gasteiger partial charge in [0.25, 0.3) is 5.91 Å². The fourth-order valence-electron chi connectivity index (χ4n) is 4.73. The molecule has 1 saturated heterocycles. The van der Waals surface area contributed by atoms with Crippen LogP contribution in [0.4, 0.5) is 4.79 Å². The molecule has 2 heterocycles. The van der Waals surface area contributed by atoms with Gasteiger partial charge < -0.3 is 10.2 Å². The van der Waals surface area contributed by atoms with Gasteiger partial charge in [-0.1, -0.05) is 59.8 Å². The molecule has 0 bridgehead atoms. The van der Waals surface area contributed by atoms with E-state index in [2.05, 4.69) is 29.6 Å². The third kappa shape index (κ3) is 10.9. The van der Waals surface area contributed by atoms with Gasteiger partial charge in [-0.2, -0.15) is 5.10 Å². The average molecular weight is 523 g/mol. The second kappa shape index (κ2) is 17.5. The average Bonchev–Trinajstić information content (AvgIpc) is 3.55. The Balaban J connectivity index is 0.00000334. The van der Waals surface area contributed by atoms with Gasteiger partial charge in [0.05, 0.1) is 18.7 Å². The Morgan fingerprint density at radius 1 is 1.24 bits per heavy atom. The van der Waals surface area contributed by atoms with Crippen LogP contribution in [0.2, 0.25) is 0 Å². The molecule has 11 nitrogen and oxygen atoms in total. The van der Waals surface area contributed by atoms with Crippen LogP contribution in [-0.2, 0) is 28.0 Å². The van der Waals surface area contributed by atoms with Crippen LogP contribution in [-0.4, -0.2) is 68.3 Å². The molecule has 0 spiro atoms. The minimum Gasteiger partial charge on any atom is -0.334 e. The van der Waals surface area contributed by atoms with E-state index in [1.165, 1.54) is 4.90 Å². The van der Waals surface area contributed by atoms with E-state index in [1.807, 2.05) is 13.8 Å². The second-order valence-electron chi connectivity index (χ2n) is 9.34. The first-order valence-corrected chi connectivity index (χ1v) is 13.6. The standard InChI is InChI=1S/C24H40N6O5.C2H6/c1-4-6-9-18(8-5-2)12-20(16-29(35)17-31)23(33)30-11-7-10-21(30)22(32)27-24(34)25-13-19-14-26-28(3)15-19;1-2/h14-15,17-18,20-21,35H,4-13,16H2,1-3H3,(H2,25,27,32,34);1-2H3. The number of nitrogens with zero attached hydrogens (tertiary/aromatic N) is 4. The molecule has 0 aromatic carbocycles. The SMILES string of the molecule is CC.CCCCC(CCC)CC(CN(O)C=O)C(=O)N1CCCC1C(=O)NC(=O)NCc1cnn(C)c1. The molecule has 37 heavy (non-hydrogen) atoms. The number of nitrogens with one attached hydrogen (secondary N) is 2. The molecule has 0 radical (unpaired) electrons. The number of hydroxylamine groups is 2. The minimum absolute atomic E-state index is 0.120. The summed E-state index contributed by atoms with van der Waals surface area (Å²) < 4.78 is 1.62. The number of hydrogen-bond donors (Lipinski definition) is 3. The van der Waals surface area contributed by atoms with Crippen LogP contribution in [0.1, 0.15) is 84.6 Å². The number of imide groups is 1. The Hall–Kier alpha value is -2.95. The molecular formula is C26H46N6O5. The summed E-state index contributed by atoms with van der Waals surface area (Å²) in [4.78, 5) is 51.2. The molecule has 3 N–H and O–H groups in total. The Morgan fingerprint density at radius 2 is 1.97 bits per heavy atom. The normalized spacial score (nSPS) is 16.3. The number of aromatic nitrogens is 2. The van der Waals surface area contributed by atoms with Crippen molar-refractivity contribution in [3.05, 3.63) is 18.0 Å². The Kier molecular flexibility index (Phi) is 15.2. The fraction of sp³-hybridized carbons (Fsp3) is 0.731. The molecular weight excluding hydrogens is 476 g/mol. The van der Waals surface area contributed by atoms with E-state index < -0.39 is 23.9 Å². The van der Waals surface area contributed by atoms with E-state index in [9.17, 15) is 24.4 Å². The number of unbranched alkanes of at least 4 members (excludes halogenated alkanes) is 1. The molecule has 0 aliphatic carbocycles. The van der Waals surface area contributed by atoms with Crippen molar-refractivity contribution >= 4 is 24.3 Å². The van der Waals surface area contributed by atoms with Gasteiger partial charge in [0, 0.05) is 31.9 Å². The van der Waals surface area contributed by atoms with Gasteiger partial charge in [0.2, 0.25) is 12.3 Å². The third-order valence-corrected chi connectivity index (χ3v) is 6.45. The van der Waals surface area contributed by atoms with E-state index in [4.69, 9.17) is 0 Å². The number of hydrogen-bond acceptors (Lipinski definition) is 6. The lowest BCUT2D eigenvalue weighted by molar-refractivity contribution is -0.158.